The molecule has 32 heavy (non-hydrogen) atoms. The number of hydrogen-bond acceptors (Lipinski definition) is 5. The van der Waals surface area contributed by atoms with Crippen molar-refractivity contribution in [2.45, 2.75) is 6.04 Å². The first-order chi connectivity index (χ1) is 15.7. The van der Waals surface area contributed by atoms with Crippen molar-refractivity contribution in [3.05, 3.63) is 90.0 Å². The van der Waals surface area contributed by atoms with Gasteiger partial charge in [0.05, 0.1) is 18.7 Å². The van der Waals surface area contributed by atoms with Crippen LogP contribution in [-0.2, 0) is 0 Å². The number of amides is 1. The number of piperazine rings is 1. The summed E-state index contributed by atoms with van der Waals surface area (Å²) in [6, 6.07) is 18.0. The third kappa shape index (κ3) is 5.06. The Hall–Kier alpha value is -3.45. The number of carbonyl (C=O) groups is 1. The Kier molecular flexibility index (Phi) is 6.97. The van der Waals surface area contributed by atoms with Crippen molar-refractivity contribution in [1.82, 2.24) is 15.2 Å². The van der Waals surface area contributed by atoms with E-state index >= 15 is 0 Å². The number of ether oxygens (including phenoxy) is 1. The molecule has 6 nitrogen and oxygen atoms in total. The summed E-state index contributed by atoms with van der Waals surface area (Å²) in [7, 11) is 1.66. The van der Waals surface area contributed by atoms with Crippen molar-refractivity contribution >= 4 is 11.6 Å². The molecule has 1 amide bonds. The lowest BCUT2D eigenvalue weighted by Gasteiger charge is -2.40. The average molecular weight is 435 g/mol. The Morgan fingerprint density at radius 1 is 1.06 bits per heavy atom. The van der Waals surface area contributed by atoms with Crippen molar-refractivity contribution in [2.24, 2.45) is 0 Å². The highest BCUT2D eigenvalue weighted by atomic mass is 19.1. The predicted molar refractivity (Wildman–Crippen MR) is 122 cm³/mol. The van der Waals surface area contributed by atoms with Gasteiger partial charge in [-0.3, -0.25) is 14.7 Å². The molecule has 2 aromatic carbocycles. The van der Waals surface area contributed by atoms with E-state index in [1.165, 1.54) is 12.1 Å². The highest BCUT2D eigenvalue weighted by Crippen LogP contribution is 2.25. The minimum absolute atomic E-state index is 0.0440. The summed E-state index contributed by atoms with van der Waals surface area (Å²) in [4.78, 5) is 21.5. The molecule has 2 heterocycles. The number of nitrogens with zero attached hydrogens (tertiary/aromatic N) is 3. The normalized spacial score (nSPS) is 15.2. The molecule has 1 N–H and O–H groups in total. The number of anilines is 1. The summed E-state index contributed by atoms with van der Waals surface area (Å²) < 4.78 is 19.2. The fraction of sp³-hybridized carbons (Fsp3) is 0.280. The molecule has 4 rings (SSSR count). The van der Waals surface area contributed by atoms with Gasteiger partial charge in [0.1, 0.15) is 11.6 Å². The van der Waals surface area contributed by atoms with Crippen LogP contribution in [0.4, 0.5) is 10.1 Å². The van der Waals surface area contributed by atoms with Crippen molar-refractivity contribution in [3.8, 4) is 5.75 Å². The Balaban J connectivity index is 1.43. The summed E-state index contributed by atoms with van der Waals surface area (Å²) in [5.74, 6) is -0.0838. The molecule has 166 valence electrons. The number of nitrogens with one attached hydrogen (secondary N) is 1. The minimum atomic E-state index is -0.518. The number of hydrogen-bond donors (Lipinski definition) is 1. The fourth-order valence-electron chi connectivity index (χ4n) is 4.05. The van der Waals surface area contributed by atoms with Gasteiger partial charge in [0.25, 0.3) is 5.91 Å². The molecule has 0 bridgehead atoms. The van der Waals surface area contributed by atoms with Crippen LogP contribution in [0.3, 0.4) is 0 Å². The molecule has 0 radical (unpaired) electrons. The summed E-state index contributed by atoms with van der Waals surface area (Å²) >= 11 is 0. The molecule has 1 fully saturated rings. The van der Waals surface area contributed by atoms with E-state index in [0.29, 0.717) is 6.54 Å². The highest BCUT2D eigenvalue weighted by Gasteiger charge is 2.26. The number of methoxy groups -OCH3 is 1. The summed E-state index contributed by atoms with van der Waals surface area (Å²) in [6.07, 6.45) is 3.57. The zero-order valence-electron chi connectivity index (χ0n) is 18.1. The largest absolute Gasteiger partial charge is 0.497 e. The number of aromatic nitrogens is 1. The van der Waals surface area contributed by atoms with E-state index < -0.39 is 11.7 Å². The Bertz CT molecular complexity index is 1020. The Labute approximate surface area is 187 Å². The lowest BCUT2D eigenvalue weighted by Crippen LogP contribution is -2.50. The van der Waals surface area contributed by atoms with E-state index in [9.17, 15) is 9.18 Å². The molecule has 3 aromatic rings. The van der Waals surface area contributed by atoms with Gasteiger partial charge in [-0.15, -0.1) is 0 Å². The molecular formula is C25H27FN4O2. The topological polar surface area (TPSA) is 57.7 Å². The lowest BCUT2D eigenvalue weighted by molar-refractivity contribution is 0.0926. The first-order valence-electron chi connectivity index (χ1n) is 10.7. The molecule has 1 aliphatic rings. The summed E-state index contributed by atoms with van der Waals surface area (Å²) in [6.45, 7) is 3.78. The van der Waals surface area contributed by atoms with Crippen molar-refractivity contribution < 1.29 is 13.9 Å². The average Bonchev–Trinajstić information content (AvgIpc) is 2.85. The van der Waals surface area contributed by atoms with E-state index in [2.05, 4.69) is 32.2 Å². The van der Waals surface area contributed by atoms with Gasteiger partial charge >= 0.3 is 0 Å². The fourth-order valence-corrected chi connectivity index (χ4v) is 4.05. The van der Waals surface area contributed by atoms with Gasteiger partial charge in [-0.25, -0.2) is 4.39 Å². The Morgan fingerprint density at radius 3 is 2.47 bits per heavy atom. The van der Waals surface area contributed by atoms with Crippen LogP contribution >= 0.6 is 0 Å². The molecule has 1 saturated heterocycles. The first kappa shape index (κ1) is 21.8. The molecule has 0 aliphatic carbocycles. The van der Waals surface area contributed by atoms with Gasteiger partial charge in [0.15, 0.2) is 0 Å². The third-order valence-corrected chi connectivity index (χ3v) is 5.84. The van der Waals surface area contributed by atoms with Gasteiger partial charge in [-0.1, -0.05) is 18.2 Å². The van der Waals surface area contributed by atoms with Crippen LogP contribution in [0.25, 0.3) is 0 Å². The maximum absolute atomic E-state index is 14.0. The zero-order chi connectivity index (χ0) is 22.3. The maximum Gasteiger partial charge on any atom is 0.254 e. The standard InChI is InChI=1S/C25H27FN4O2/c1-32-21-10-8-20(9-11-21)29-13-15-30(16-14-29)24(19-5-4-12-27-17-19)18-28-25(31)22-6-2-3-7-23(22)26/h2-12,17,24H,13-16,18H2,1H3,(H,28,31). The molecular weight excluding hydrogens is 407 g/mol. The van der Waals surface area contributed by atoms with Crippen LogP contribution in [0.2, 0.25) is 0 Å². The van der Waals surface area contributed by atoms with Gasteiger partial charge < -0.3 is 15.0 Å². The molecule has 1 aliphatic heterocycles. The van der Waals surface area contributed by atoms with Crippen LogP contribution in [-0.4, -0.2) is 55.6 Å². The summed E-state index contributed by atoms with van der Waals surface area (Å²) in [5.41, 5.74) is 2.25. The monoisotopic (exact) mass is 434 g/mol. The molecule has 1 unspecified atom stereocenters. The molecule has 0 saturated carbocycles. The van der Waals surface area contributed by atoms with E-state index in [1.807, 2.05) is 30.5 Å². The van der Waals surface area contributed by atoms with Crippen LogP contribution in [0, 0.1) is 5.82 Å². The van der Waals surface area contributed by atoms with E-state index in [1.54, 1.807) is 25.4 Å². The van der Waals surface area contributed by atoms with Gasteiger partial charge in [-0.05, 0) is 48.0 Å². The minimum Gasteiger partial charge on any atom is -0.497 e. The zero-order valence-corrected chi connectivity index (χ0v) is 18.1. The SMILES string of the molecule is COc1ccc(N2CCN(C(CNC(=O)c3ccccc3F)c3cccnc3)CC2)cc1. The number of carbonyl (C=O) groups excluding carboxylic acids is 1. The second-order valence-electron chi connectivity index (χ2n) is 7.71. The van der Waals surface area contributed by atoms with Crippen molar-refractivity contribution in [3.63, 3.8) is 0 Å². The second-order valence-corrected chi connectivity index (χ2v) is 7.71. The van der Waals surface area contributed by atoms with Gasteiger partial charge in [-0.2, -0.15) is 0 Å². The first-order valence-corrected chi connectivity index (χ1v) is 10.7. The van der Waals surface area contributed by atoms with Crippen molar-refractivity contribution in [1.29, 1.82) is 0 Å². The molecule has 0 spiro atoms. The lowest BCUT2D eigenvalue weighted by atomic mass is 10.1. The Morgan fingerprint density at radius 2 is 1.81 bits per heavy atom. The molecule has 7 heteroatoms. The molecule has 1 atom stereocenters. The van der Waals surface area contributed by atoms with Crippen molar-refractivity contribution in [2.75, 3.05) is 44.7 Å². The number of rotatable bonds is 7. The second kappa shape index (κ2) is 10.2. The van der Waals surface area contributed by atoms with Crippen LogP contribution in [0.1, 0.15) is 22.0 Å². The highest BCUT2D eigenvalue weighted by molar-refractivity contribution is 5.94. The number of halogens is 1. The molecule has 1 aromatic heterocycles. The van der Waals surface area contributed by atoms with Crippen LogP contribution in [0.15, 0.2) is 73.1 Å². The van der Waals surface area contributed by atoms with Gasteiger partial charge in [0, 0.05) is 50.8 Å². The van der Waals surface area contributed by atoms with E-state index in [4.69, 9.17) is 4.74 Å². The quantitative estimate of drug-likeness (QED) is 0.617. The van der Waals surface area contributed by atoms with Crippen LogP contribution < -0.4 is 15.0 Å². The maximum atomic E-state index is 14.0. The van der Waals surface area contributed by atoms with E-state index in [0.717, 1.165) is 43.2 Å². The van der Waals surface area contributed by atoms with E-state index in [-0.39, 0.29) is 11.6 Å². The predicted octanol–water partition coefficient (Wildman–Crippen LogP) is 3.52. The summed E-state index contributed by atoms with van der Waals surface area (Å²) in [5, 5.41) is 2.92. The van der Waals surface area contributed by atoms with Crippen LogP contribution in [0.5, 0.6) is 5.75 Å². The number of benzene rings is 2. The van der Waals surface area contributed by atoms with Gasteiger partial charge in [0.2, 0.25) is 0 Å². The smallest absolute Gasteiger partial charge is 0.254 e. The third-order valence-electron chi connectivity index (χ3n) is 5.84. The number of pyridine rings is 1.